The Balaban J connectivity index is 0. The smallest absolute Gasteiger partial charge is 0.410 e. The van der Waals surface area contributed by atoms with Crippen molar-refractivity contribution in [1.29, 1.82) is 0 Å². The van der Waals surface area contributed by atoms with Crippen molar-refractivity contribution in [2.24, 2.45) is 5.73 Å². The van der Waals surface area contributed by atoms with E-state index < -0.39 is 13.9 Å². The number of ether oxygens (including phenoxy) is 1. The Morgan fingerprint density at radius 1 is 1.16 bits per heavy atom. The van der Waals surface area contributed by atoms with Crippen LogP contribution < -0.4 is 5.73 Å². The number of hydrogen-bond acceptors (Lipinski definition) is 4. The highest BCUT2D eigenvalue weighted by molar-refractivity contribution is 7.59. The lowest BCUT2D eigenvalue weighted by atomic mass is 10.1. The van der Waals surface area contributed by atoms with Gasteiger partial charge in [-0.3, -0.25) is 0 Å². The van der Waals surface area contributed by atoms with Crippen LogP contribution in [-0.4, -0.2) is 50.1 Å². The number of amides is 1. The van der Waals surface area contributed by atoms with E-state index in [1.54, 1.807) is 0 Å². The molecule has 0 saturated carbocycles. The third-order valence-electron chi connectivity index (χ3n) is 4.77. The van der Waals surface area contributed by atoms with Crippen molar-refractivity contribution in [2.75, 3.05) is 13.1 Å². The lowest BCUT2D eigenvalue weighted by Crippen LogP contribution is -2.45. The maximum Gasteiger partial charge on any atom is 0.410 e. The molecule has 0 bridgehead atoms. The van der Waals surface area contributed by atoms with E-state index >= 15 is 0 Å². The minimum atomic E-state index is -1.84. The predicted octanol–water partition coefficient (Wildman–Crippen LogP) is 3.96. The van der Waals surface area contributed by atoms with Gasteiger partial charge in [0.25, 0.3) is 0 Å². The number of hydrogen-bond donors (Lipinski definition) is 1. The zero-order chi connectivity index (χ0) is 18.1. The minimum absolute atomic E-state index is 0. The summed E-state index contributed by atoms with van der Waals surface area (Å²) in [7, 11) is -1.84. The summed E-state index contributed by atoms with van der Waals surface area (Å²) in [5.41, 5.74) is 5.25. The standard InChI is InChI=1S/C17H36N2O3Si.2H2S/c1-16(2,3)21-15(20)19-12-14(11-13(19)9-10-18)22-23(7,8)17(4,5)6;;/h13-14H,9-12,18H2,1-8H3;2*1H2. The SMILES string of the molecule is CC(C)(C)OC(=O)N1CC(O[Si](C)(C)C(C)(C)C)CC1CCN.S.S. The van der Waals surface area contributed by atoms with E-state index in [4.69, 9.17) is 14.9 Å². The van der Waals surface area contributed by atoms with E-state index in [0.29, 0.717) is 13.1 Å². The molecule has 0 aromatic rings. The van der Waals surface area contributed by atoms with Crippen LogP contribution in [0.25, 0.3) is 0 Å². The molecule has 1 fully saturated rings. The lowest BCUT2D eigenvalue weighted by Gasteiger charge is -2.38. The molecule has 152 valence electrons. The zero-order valence-electron chi connectivity index (χ0n) is 17.2. The van der Waals surface area contributed by atoms with Crippen molar-refractivity contribution < 1.29 is 14.0 Å². The average Bonchev–Trinajstić information content (AvgIpc) is 2.68. The van der Waals surface area contributed by atoms with Gasteiger partial charge in [0.05, 0.1) is 6.10 Å². The Bertz CT molecular complexity index is 423. The van der Waals surface area contributed by atoms with Gasteiger partial charge in [-0.15, -0.1) is 0 Å². The molecular weight excluding hydrogens is 372 g/mol. The Hall–Kier alpha value is 0.107. The number of likely N-dealkylation sites (tertiary alicyclic amines) is 1. The molecule has 0 aliphatic carbocycles. The molecule has 1 aliphatic rings. The van der Waals surface area contributed by atoms with Crippen LogP contribution in [0.3, 0.4) is 0 Å². The fraction of sp³-hybridized carbons (Fsp3) is 0.941. The van der Waals surface area contributed by atoms with Crippen LogP contribution in [0.2, 0.25) is 18.1 Å². The van der Waals surface area contributed by atoms with E-state index in [2.05, 4.69) is 33.9 Å². The van der Waals surface area contributed by atoms with E-state index in [1.807, 2.05) is 25.7 Å². The fourth-order valence-corrected chi connectivity index (χ4v) is 3.92. The molecule has 0 spiro atoms. The summed E-state index contributed by atoms with van der Waals surface area (Å²) < 4.78 is 12.0. The number of nitrogens with zero attached hydrogens (tertiary/aromatic N) is 1. The van der Waals surface area contributed by atoms with E-state index in [-0.39, 0.29) is 50.3 Å². The quantitative estimate of drug-likeness (QED) is 0.710. The molecule has 1 rings (SSSR count). The van der Waals surface area contributed by atoms with Crippen molar-refractivity contribution in [1.82, 2.24) is 4.90 Å². The van der Waals surface area contributed by atoms with Crippen LogP contribution in [0, 0.1) is 0 Å². The number of rotatable bonds is 4. The summed E-state index contributed by atoms with van der Waals surface area (Å²) in [6, 6.07) is 0.115. The van der Waals surface area contributed by atoms with Gasteiger partial charge in [-0.2, -0.15) is 27.0 Å². The van der Waals surface area contributed by atoms with Crippen LogP contribution in [0.4, 0.5) is 4.79 Å². The fourth-order valence-electron chi connectivity index (χ4n) is 2.56. The van der Waals surface area contributed by atoms with Crippen molar-refractivity contribution in [2.45, 2.75) is 90.3 Å². The maximum absolute atomic E-state index is 12.5. The van der Waals surface area contributed by atoms with Crippen LogP contribution in [-0.2, 0) is 9.16 Å². The summed E-state index contributed by atoms with van der Waals surface area (Å²) in [5, 5.41) is 0.162. The summed E-state index contributed by atoms with van der Waals surface area (Å²) in [4.78, 5) is 14.3. The first-order valence-electron chi connectivity index (χ1n) is 8.64. The molecule has 0 aromatic heterocycles. The lowest BCUT2D eigenvalue weighted by molar-refractivity contribution is 0.0206. The van der Waals surface area contributed by atoms with Gasteiger partial charge in [-0.05, 0) is 58.3 Å². The predicted molar refractivity (Wildman–Crippen MR) is 118 cm³/mol. The number of nitrogens with two attached hydrogens (primary N) is 1. The Morgan fingerprint density at radius 3 is 2.08 bits per heavy atom. The molecule has 1 saturated heterocycles. The highest BCUT2D eigenvalue weighted by atomic mass is 32.1. The van der Waals surface area contributed by atoms with Gasteiger partial charge in [0.1, 0.15) is 5.60 Å². The molecule has 1 amide bonds. The molecule has 0 radical (unpaired) electrons. The highest BCUT2D eigenvalue weighted by Gasteiger charge is 2.44. The van der Waals surface area contributed by atoms with Crippen molar-refractivity contribution in [3.8, 4) is 0 Å². The Morgan fingerprint density at radius 2 is 1.68 bits per heavy atom. The van der Waals surface area contributed by atoms with E-state index in [1.165, 1.54) is 0 Å². The van der Waals surface area contributed by atoms with Gasteiger partial charge >= 0.3 is 6.09 Å². The minimum Gasteiger partial charge on any atom is -0.444 e. The first-order chi connectivity index (χ1) is 10.3. The zero-order valence-corrected chi connectivity index (χ0v) is 20.2. The maximum atomic E-state index is 12.5. The highest BCUT2D eigenvalue weighted by Crippen LogP contribution is 2.39. The summed E-state index contributed by atoms with van der Waals surface area (Å²) >= 11 is 0. The van der Waals surface area contributed by atoms with Gasteiger partial charge < -0.3 is 19.8 Å². The van der Waals surface area contributed by atoms with E-state index in [0.717, 1.165) is 12.8 Å². The average molecular weight is 413 g/mol. The third-order valence-corrected chi connectivity index (χ3v) is 9.31. The van der Waals surface area contributed by atoms with Crippen LogP contribution in [0.15, 0.2) is 0 Å². The largest absolute Gasteiger partial charge is 0.444 e. The molecule has 2 atom stereocenters. The van der Waals surface area contributed by atoms with Gasteiger partial charge in [0, 0.05) is 12.6 Å². The number of carbonyl (C=O) groups excluding carboxylic acids is 1. The first kappa shape index (κ1) is 27.3. The van der Waals surface area contributed by atoms with Crippen LogP contribution in [0.1, 0.15) is 54.4 Å². The van der Waals surface area contributed by atoms with Gasteiger partial charge in [0.15, 0.2) is 8.32 Å². The summed E-state index contributed by atoms with van der Waals surface area (Å²) in [5.74, 6) is 0. The Labute approximate surface area is 169 Å². The topological polar surface area (TPSA) is 64.8 Å². The molecule has 8 heteroatoms. The van der Waals surface area contributed by atoms with Gasteiger partial charge in [0.2, 0.25) is 0 Å². The first-order valence-corrected chi connectivity index (χ1v) is 11.5. The Kier molecular flexibility index (Phi) is 10.8. The molecular formula is C17H40N2O3S2Si. The second-order valence-electron chi connectivity index (χ2n) is 9.10. The molecule has 2 N–H and O–H groups in total. The molecule has 25 heavy (non-hydrogen) atoms. The van der Waals surface area contributed by atoms with Gasteiger partial charge in [-0.25, -0.2) is 4.79 Å². The molecule has 5 nitrogen and oxygen atoms in total. The second-order valence-corrected chi connectivity index (χ2v) is 13.9. The van der Waals surface area contributed by atoms with Crippen molar-refractivity contribution >= 4 is 41.4 Å². The van der Waals surface area contributed by atoms with Crippen LogP contribution in [0.5, 0.6) is 0 Å². The molecule has 2 unspecified atom stereocenters. The normalized spacial score (nSPS) is 21.4. The van der Waals surface area contributed by atoms with E-state index in [9.17, 15) is 4.79 Å². The molecule has 0 aromatic carbocycles. The summed E-state index contributed by atoms with van der Waals surface area (Å²) in [6.07, 6.45) is 1.47. The van der Waals surface area contributed by atoms with Gasteiger partial charge in [-0.1, -0.05) is 20.8 Å². The molecule has 1 aliphatic heterocycles. The molecule has 1 heterocycles. The van der Waals surface area contributed by atoms with Crippen molar-refractivity contribution in [3.05, 3.63) is 0 Å². The third kappa shape index (κ3) is 8.11. The second kappa shape index (κ2) is 9.87. The number of carbonyl (C=O) groups is 1. The van der Waals surface area contributed by atoms with Crippen LogP contribution >= 0.6 is 27.0 Å². The monoisotopic (exact) mass is 412 g/mol. The summed E-state index contributed by atoms with van der Waals surface area (Å²) in [6.45, 7) is 18.0. The van der Waals surface area contributed by atoms with Crippen molar-refractivity contribution in [3.63, 3.8) is 0 Å².